The van der Waals surface area contributed by atoms with Crippen LogP contribution in [0.3, 0.4) is 0 Å². The van der Waals surface area contributed by atoms with Crippen molar-refractivity contribution in [3.8, 4) is 17.2 Å². The highest BCUT2D eigenvalue weighted by Crippen LogP contribution is 2.31. The number of hydrogen-bond acceptors (Lipinski definition) is 7. The summed E-state index contributed by atoms with van der Waals surface area (Å²) in [6.07, 6.45) is 1.33. The molecule has 196 valence electrons. The molecule has 0 saturated carbocycles. The molecule has 1 amide bonds. The van der Waals surface area contributed by atoms with Gasteiger partial charge < -0.3 is 14.6 Å². The third-order valence-corrected chi connectivity index (χ3v) is 7.65. The van der Waals surface area contributed by atoms with E-state index in [1.165, 1.54) is 32.6 Å². The van der Waals surface area contributed by atoms with Crippen LogP contribution in [0.1, 0.15) is 11.1 Å². The summed E-state index contributed by atoms with van der Waals surface area (Å²) in [4.78, 5) is 12.8. The average molecular weight is 534 g/mol. The van der Waals surface area contributed by atoms with Crippen LogP contribution < -0.4 is 14.9 Å². The van der Waals surface area contributed by atoms with Gasteiger partial charge in [0.1, 0.15) is 22.1 Å². The standard InChI is InChI=1S/C28H27N3O6S/c1-36-22-13-15-26(37-2)27(16-22)38(34,35)31(18-20-8-4-3-5-9-20)19-28(33)30-29-17-24-23-11-7-6-10-21(23)12-14-25(24)32/h3-17,32H,18-19H2,1-2H3,(H,30,33)/b29-17+. The minimum absolute atomic E-state index is 0.0000933. The van der Waals surface area contributed by atoms with E-state index in [2.05, 4.69) is 10.5 Å². The maximum absolute atomic E-state index is 13.7. The number of nitrogens with zero attached hydrogens (tertiary/aromatic N) is 2. The van der Waals surface area contributed by atoms with Crippen LogP contribution in [0.4, 0.5) is 0 Å². The van der Waals surface area contributed by atoms with Crippen LogP contribution in [0.25, 0.3) is 10.8 Å². The van der Waals surface area contributed by atoms with Gasteiger partial charge in [-0.05, 0) is 34.5 Å². The number of sulfonamides is 1. The Morgan fingerprint density at radius 1 is 0.974 bits per heavy atom. The molecule has 0 radical (unpaired) electrons. The van der Waals surface area contributed by atoms with Crippen molar-refractivity contribution in [3.63, 3.8) is 0 Å². The summed E-state index contributed by atoms with van der Waals surface area (Å²) in [6.45, 7) is -0.582. The second kappa shape index (κ2) is 11.8. The lowest BCUT2D eigenvalue weighted by atomic mass is 10.0. The first-order chi connectivity index (χ1) is 18.3. The number of hydrogen-bond donors (Lipinski definition) is 2. The first-order valence-corrected chi connectivity index (χ1v) is 13.1. The van der Waals surface area contributed by atoms with Crippen molar-refractivity contribution < 1.29 is 27.8 Å². The number of methoxy groups -OCH3 is 2. The van der Waals surface area contributed by atoms with Crippen LogP contribution in [0.15, 0.2) is 94.9 Å². The van der Waals surface area contributed by atoms with Crippen LogP contribution in [-0.2, 0) is 21.4 Å². The fraction of sp³-hybridized carbons (Fsp3) is 0.143. The van der Waals surface area contributed by atoms with E-state index in [9.17, 15) is 18.3 Å². The molecule has 0 aliphatic heterocycles. The van der Waals surface area contributed by atoms with E-state index in [-0.39, 0.29) is 22.9 Å². The Balaban J connectivity index is 1.61. The SMILES string of the molecule is COc1ccc(OC)c(S(=O)(=O)N(CC(=O)N/N=C/c2c(O)ccc3ccccc23)Cc2ccccc2)c1. The lowest BCUT2D eigenvalue weighted by Gasteiger charge is -2.23. The van der Waals surface area contributed by atoms with Crippen molar-refractivity contribution in [3.05, 3.63) is 96.1 Å². The highest BCUT2D eigenvalue weighted by molar-refractivity contribution is 7.89. The van der Waals surface area contributed by atoms with E-state index in [0.29, 0.717) is 16.9 Å². The third kappa shape index (κ3) is 5.93. The zero-order valence-corrected chi connectivity index (χ0v) is 21.7. The fourth-order valence-electron chi connectivity index (χ4n) is 3.92. The maximum Gasteiger partial charge on any atom is 0.255 e. The number of phenols is 1. The number of carbonyl (C=O) groups excluding carboxylic acids is 1. The molecule has 2 N–H and O–H groups in total. The molecule has 0 aliphatic rings. The minimum atomic E-state index is -4.21. The summed E-state index contributed by atoms with van der Waals surface area (Å²) < 4.78 is 39.0. The van der Waals surface area contributed by atoms with Gasteiger partial charge in [-0.3, -0.25) is 4.79 Å². The molecule has 0 atom stereocenters. The molecule has 10 heteroatoms. The van der Waals surface area contributed by atoms with E-state index < -0.39 is 22.5 Å². The predicted octanol–water partition coefficient (Wildman–Crippen LogP) is 3.90. The maximum atomic E-state index is 13.7. The highest BCUT2D eigenvalue weighted by atomic mass is 32.2. The summed E-state index contributed by atoms with van der Waals surface area (Å²) in [5.41, 5.74) is 3.49. The summed E-state index contributed by atoms with van der Waals surface area (Å²) in [6, 6.07) is 24.1. The summed E-state index contributed by atoms with van der Waals surface area (Å²) in [7, 11) is -1.41. The Bertz CT molecular complexity index is 1570. The molecular formula is C28H27N3O6S. The molecular weight excluding hydrogens is 506 g/mol. The number of benzene rings is 4. The molecule has 0 fully saturated rings. The zero-order valence-electron chi connectivity index (χ0n) is 20.9. The number of rotatable bonds is 10. The van der Waals surface area contributed by atoms with Crippen LogP contribution >= 0.6 is 0 Å². The third-order valence-electron chi connectivity index (χ3n) is 5.84. The quantitative estimate of drug-likeness (QED) is 0.236. The molecule has 0 saturated heterocycles. The number of amides is 1. The molecule has 4 rings (SSSR count). The monoisotopic (exact) mass is 533 g/mol. The Hall–Kier alpha value is -4.41. The van der Waals surface area contributed by atoms with Crippen molar-refractivity contribution in [1.29, 1.82) is 0 Å². The summed E-state index contributed by atoms with van der Waals surface area (Å²) >= 11 is 0. The summed E-state index contributed by atoms with van der Waals surface area (Å²) in [5.74, 6) is -0.218. The fourth-order valence-corrected chi connectivity index (χ4v) is 5.48. The van der Waals surface area contributed by atoms with E-state index in [1.54, 1.807) is 42.5 Å². The van der Waals surface area contributed by atoms with Crippen LogP contribution in [0.5, 0.6) is 17.2 Å². The molecule has 38 heavy (non-hydrogen) atoms. The van der Waals surface area contributed by atoms with Gasteiger partial charge in [-0.1, -0.05) is 60.7 Å². The van der Waals surface area contributed by atoms with Gasteiger partial charge in [0.05, 0.1) is 27.0 Å². The Labute approximate surface area is 221 Å². The predicted molar refractivity (Wildman–Crippen MR) is 145 cm³/mol. The second-order valence-electron chi connectivity index (χ2n) is 8.29. The van der Waals surface area contributed by atoms with Crippen molar-refractivity contribution in [2.24, 2.45) is 5.10 Å². The largest absolute Gasteiger partial charge is 0.507 e. The van der Waals surface area contributed by atoms with Gasteiger partial charge in [-0.25, -0.2) is 13.8 Å². The Morgan fingerprint density at radius 3 is 2.45 bits per heavy atom. The lowest BCUT2D eigenvalue weighted by molar-refractivity contribution is -0.121. The minimum Gasteiger partial charge on any atom is -0.507 e. The molecule has 0 aliphatic carbocycles. The highest BCUT2D eigenvalue weighted by Gasteiger charge is 2.30. The van der Waals surface area contributed by atoms with E-state index in [4.69, 9.17) is 9.47 Å². The van der Waals surface area contributed by atoms with Crippen LogP contribution in [0.2, 0.25) is 0 Å². The first kappa shape index (κ1) is 26.6. The van der Waals surface area contributed by atoms with Gasteiger partial charge in [0, 0.05) is 18.2 Å². The first-order valence-electron chi connectivity index (χ1n) is 11.6. The van der Waals surface area contributed by atoms with Crippen molar-refractivity contribution in [1.82, 2.24) is 9.73 Å². The topological polar surface area (TPSA) is 118 Å². The number of nitrogens with one attached hydrogen (secondary N) is 1. The molecule has 4 aromatic carbocycles. The smallest absolute Gasteiger partial charge is 0.255 e. The molecule has 0 bridgehead atoms. The molecule has 4 aromatic rings. The Kier molecular flexibility index (Phi) is 8.25. The number of phenolic OH excluding ortho intramolecular Hbond substituents is 1. The Morgan fingerprint density at radius 2 is 1.71 bits per heavy atom. The number of hydrazone groups is 1. The van der Waals surface area contributed by atoms with Crippen molar-refractivity contribution in [2.75, 3.05) is 20.8 Å². The number of carbonyl (C=O) groups is 1. The number of ether oxygens (including phenoxy) is 2. The summed E-state index contributed by atoms with van der Waals surface area (Å²) in [5, 5.41) is 15.9. The van der Waals surface area contributed by atoms with Crippen molar-refractivity contribution >= 4 is 32.9 Å². The molecule has 9 nitrogen and oxygen atoms in total. The van der Waals surface area contributed by atoms with Gasteiger partial charge in [0.15, 0.2) is 0 Å². The van der Waals surface area contributed by atoms with Gasteiger partial charge in [-0.2, -0.15) is 9.41 Å². The average Bonchev–Trinajstić information content (AvgIpc) is 2.94. The normalized spacial score (nSPS) is 11.7. The zero-order chi connectivity index (χ0) is 27.1. The van der Waals surface area contributed by atoms with Crippen LogP contribution in [-0.4, -0.2) is 50.7 Å². The van der Waals surface area contributed by atoms with Crippen molar-refractivity contribution in [2.45, 2.75) is 11.4 Å². The van der Waals surface area contributed by atoms with Gasteiger partial charge in [0.25, 0.3) is 5.91 Å². The molecule has 0 unspecified atom stereocenters. The van der Waals surface area contributed by atoms with Gasteiger partial charge in [0.2, 0.25) is 10.0 Å². The molecule has 0 heterocycles. The van der Waals surface area contributed by atoms with E-state index >= 15 is 0 Å². The molecule has 0 aromatic heterocycles. The second-order valence-corrected chi connectivity index (χ2v) is 10.2. The van der Waals surface area contributed by atoms with E-state index in [1.807, 2.05) is 30.3 Å². The van der Waals surface area contributed by atoms with E-state index in [0.717, 1.165) is 15.1 Å². The molecule has 0 spiro atoms. The van der Waals surface area contributed by atoms with Gasteiger partial charge >= 0.3 is 0 Å². The lowest BCUT2D eigenvalue weighted by Crippen LogP contribution is -2.39. The van der Waals surface area contributed by atoms with Crippen LogP contribution in [0, 0.1) is 0 Å². The van der Waals surface area contributed by atoms with Gasteiger partial charge in [-0.15, -0.1) is 0 Å². The number of fused-ring (bicyclic) bond motifs is 1. The number of aromatic hydroxyl groups is 1.